The van der Waals surface area contributed by atoms with E-state index in [1.807, 2.05) is 36.4 Å². The van der Waals surface area contributed by atoms with Crippen molar-refractivity contribution in [2.45, 2.75) is 12.2 Å². The average molecular weight is 470 g/mol. The maximum atomic E-state index is 13.3. The fourth-order valence-electron chi connectivity index (χ4n) is 3.62. The van der Waals surface area contributed by atoms with Crippen LogP contribution >= 0.6 is 11.6 Å². The molecule has 7 nitrogen and oxygen atoms in total. The van der Waals surface area contributed by atoms with Crippen molar-refractivity contribution >= 4 is 35.8 Å². The predicted molar refractivity (Wildman–Crippen MR) is 125 cm³/mol. The number of carbonyl (C=O) groups excluding carboxylic acids is 1. The molecule has 1 aliphatic rings. The molecule has 0 aliphatic carbocycles. The van der Waals surface area contributed by atoms with Crippen molar-refractivity contribution < 1.29 is 28.9 Å². The van der Waals surface area contributed by atoms with E-state index in [1.54, 1.807) is 30.3 Å². The highest BCUT2D eigenvalue weighted by molar-refractivity contribution is 6.30. The summed E-state index contributed by atoms with van der Waals surface area (Å²) in [7, 11) is 2.81. The fraction of sp³-hybridized carbons (Fsp3) is 0.240. The topological polar surface area (TPSA) is 94.4 Å². The molecular formula is C25H24ClNO6. The number of halogens is 1. The molecule has 2 atom stereocenters. The first-order chi connectivity index (χ1) is 16.0. The second kappa shape index (κ2) is 11.6. The van der Waals surface area contributed by atoms with Crippen molar-refractivity contribution in [3.63, 3.8) is 0 Å². The summed E-state index contributed by atoms with van der Waals surface area (Å²) in [5.74, 6) is -3.85. The number of aliphatic carboxylic acids is 1. The third kappa shape index (κ3) is 5.96. The molecule has 1 aliphatic heterocycles. The van der Waals surface area contributed by atoms with Crippen LogP contribution in [0.3, 0.4) is 0 Å². The van der Waals surface area contributed by atoms with E-state index in [0.717, 1.165) is 5.56 Å². The predicted octanol–water partition coefficient (Wildman–Crippen LogP) is 4.34. The van der Waals surface area contributed by atoms with Crippen molar-refractivity contribution in [3.8, 4) is 0 Å². The van der Waals surface area contributed by atoms with Gasteiger partial charge in [0.1, 0.15) is 18.2 Å². The van der Waals surface area contributed by atoms with Gasteiger partial charge in [-0.3, -0.25) is 9.79 Å². The van der Waals surface area contributed by atoms with Gasteiger partial charge in [-0.25, -0.2) is 4.79 Å². The number of aliphatic imine (C=N–C) groups is 1. The van der Waals surface area contributed by atoms with E-state index in [1.165, 1.54) is 20.4 Å². The second-order valence-electron chi connectivity index (χ2n) is 7.19. The maximum Gasteiger partial charge on any atom is 0.337 e. The summed E-state index contributed by atoms with van der Waals surface area (Å²) in [6, 6.07) is 16.2. The number of carboxylic acids is 1. The molecule has 0 radical (unpaired) electrons. The summed E-state index contributed by atoms with van der Waals surface area (Å²) < 4.78 is 16.1. The molecule has 2 unspecified atom stereocenters. The van der Waals surface area contributed by atoms with Crippen LogP contribution in [0.2, 0.25) is 5.02 Å². The maximum absolute atomic E-state index is 13.3. The Morgan fingerprint density at radius 2 is 1.85 bits per heavy atom. The van der Waals surface area contributed by atoms with Crippen LogP contribution < -0.4 is 0 Å². The molecule has 0 saturated carbocycles. The van der Waals surface area contributed by atoms with Gasteiger partial charge in [0, 0.05) is 31.4 Å². The minimum absolute atomic E-state index is 0.0150. The van der Waals surface area contributed by atoms with Crippen LogP contribution in [0.1, 0.15) is 17.0 Å². The van der Waals surface area contributed by atoms with Gasteiger partial charge in [0.15, 0.2) is 0 Å². The highest BCUT2D eigenvalue weighted by atomic mass is 35.5. The zero-order valence-corrected chi connectivity index (χ0v) is 18.9. The first-order valence-electron chi connectivity index (χ1n) is 10.2. The SMILES string of the molecule is COC(OC)C1=C(C(=O)OC/C=C/c2ccccc2)C(c2cccc(Cl)c2)C(C(=O)O)C=N1. The number of rotatable bonds is 9. The number of hydrogen-bond acceptors (Lipinski definition) is 6. The van der Waals surface area contributed by atoms with Crippen molar-refractivity contribution in [3.05, 3.63) is 88.1 Å². The van der Waals surface area contributed by atoms with E-state index in [9.17, 15) is 14.7 Å². The van der Waals surface area contributed by atoms with Gasteiger partial charge >= 0.3 is 11.9 Å². The molecule has 3 rings (SSSR count). The Morgan fingerprint density at radius 3 is 2.48 bits per heavy atom. The third-order valence-electron chi connectivity index (χ3n) is 5.11. The first kappa shape index (κ1) is 24.4. The summed E-state index contributed by atoms with van der Waals surface area (Å²) in [6.07, 6.45) is 3.82. The minimum atomic E-state index is -1.14. The van der Waals surface area contributed by atoms with Crippen LogP contribution in [0.15, 0.2) is 76.9 Å². The number of methoxy groups -OCH3 is 2. The Bertz CT molecular complexity index is 1080. The molecule has 0 aromatic heterocycles. The molecule has 8 heteroatoms. The van der Waals surface area contributed by atoms with Gasteiger partial charge in [-0.05, 0) is 29.3 Å². The van der Waals surface area contributed by atoms with Crippen LogP contribution in [-0.2, 0) is 23.8 Å². The molecule has 33 heavy (non-hydrogen) atoms. The number of esters is 1. The molecule has 1 heterocycles. The standard InChI is InChI=1S/C25H24ClNO6/c1-31-25(32-2)22-21(24(30)33-13-7-10-16-8-4-3-5-9-16)20(19(15-27-22)23(28)29)17-11-6-12-18(26)14-17/h3-12,14-15,19-20,25H,13H2,1-2H3,(H,28,29)/b10-7+. The van der Waals surface area contributed by atoms with Gasteiger partial charge in [0.05, 0.1) is 5.57 Å². The lowest BCUT2D eigenvalue weighted by molar-refractivity contribution is -0.141. The van der Waals surface area contributed by atoms with Gasteiger partial charge in [-0.1, -0.05) is 60.1 Å². The Balaban J connectivity index is 1.98. The number of benzene rings is 2. The Morgan fingerprint density at radius 1 is 1.12 bits per heavy atom. The fourth-order valence-corrected chi connectivity index (χ4v) is 3.82. The van der Waals surface area contributed by atoms with Gasteiger partial charge in [-0.15, -0.1) is 0 Å². The molecular weight excluding hydrogens is 446 g/mol. The van der Waals surface area contributed by atoms with Crippen LogP contribution in [0.25, 0.3) is 6.08 Å². The lowest BCUT2D eigenvalue weighted by Crippen LogP contribution is -2.34. The molecule has 2 aromatic rings. The van der Waals surface area contributed by atoms with Crippen LogP contribution in [0, 0.1) is 5.92 Å². The lowest BCUT2D eigenvalue weighted by atomic mass is 9.78. The second-order valence-corrected chi connectivity index (χ2v) is 7.63. The van der Waals surface area contributed by atoms with Gasteiger partial charge < -0.3 is 19.3 Å². The summed E-state index contributed by atoms with van der Waals surface area (Å²) >= 11 is 6.16. The van der Waals surface area contributed by atoms with E-state index >= 15 is 0 Å². The van der Waals surface area contributed by atoms with Crippen molar-refractivity contribution in [1.82, 2.24) is 0 Å². The summed E-state index contributed by atoms with van der Waals surface area (Å²) in [5, 5.41) is 10.3. The molecule has 0 fully saturated rings. The van der Waals surface area contributed by atoms with Crippen LogP contribution in [-0.4, -0.2) is 50.4 Å². The molecule has 2 aromatic carbocycles. The monoisotopic (exact) mass is 469 g/mol. The molecule has 0 amide bonds. The third-order valence-corrected chi connectivity index (χ3v) is 5.34. The average Bonchev–Trinajstić information content (AvgIpc) is 2.82. The van der Waals surface area contributed by atoms with Crippen molar-refractivity contribution in [2.24, 2.45) is 10.9 Å². The molecule has 1 N–H and O–H groups in total. The molecule has 0 bridgehead atoms. The highest BCUT2D eigenvalue weighted by Gasteiger charge is 2.41. The first-order valence-corrected chi connectivity index (χ1v) is 10.5. The van der Waals surface area contributed by atoms with E-state index < -0.39 is 30.1 Å². The van der Waals surface area contributed by atoms with Gasteiger partial charge in [-0.2, -0.15) is 0 Å². The Hall–Kier alpha value is -3.26. The van der Waals surface area contributed by atoms with E-state index in [-0.39, 0.29) is 17.9 Å². The van der Waals surface area contributed by atoms with Crippen LogP contribution in [0.4, 0.5) is 0 Å². The Kier molecular flexibility index (Phi) is 8.54. The van der Waals surface area contributed by atoms with E-state index in [0.29, 0.717) is 10.6 Å². The normalized spacial score (nSPS) is 18.2. The van der Waals surface area contributed by atoms with E-state index in [4.69, 9.17) is 25.8 Å². The minimum Gasteiger partial charge on any atom is -0.481 e. The quantitative estimate of drug-likeness (QED) is 0.433. The number of carboxylic acid groups (broad SMARTS) is 1. The van der Waals surface area contributed by atoms with Gasteiger partial charge in [0.2, 0.25) is 6.29 Å². The highest BCUT2D eigenvalue weighted by Crippen LogP contribution is 2.39. The zero-order chi connectivity index (χ0) is 23.8. The summed E-state index contributed by atoms with van der Waals surface area (Å²) in [4.78, 5) is 29.5. The van der Waals surface area contributed by atoms with Gasteiger partial charge in [0.25, 0.3) is 0 Å². The summed E-state index contributed by atoms with van der Waals surface area (Å²) in [6.45, 7) is -0.0150. The number of carbonyl (C=O) groups is 2. The molecule has 172 valence electrons. The smallest absolute Gasteiger partial charge is 0.337 e. The van der Waals surface area contributed by atoms with Crippen molar-refractivity contribution in [2.75, 3.05) is 20.8 Å². The van der Waals surface area contributed by atoms with Crippen molar-refractivity contribution in [1.29, 1.82) is 0 Å². The lowest BCUT2D eigenvalue weighted by Gasteiger charge is -2.30. The zero-order valence-electron chi connectivity index (χ0n) is 18.2. The largest absolute Gasteiger partial charge is 0.481 e. The number of ether oxygens (including phenoxy) is 3. The molecule has 0 spiro atoms. The number of hydrogen-bond donors (Lipinski definition) is 1. The van der Waals surface area contributed by atoms with E-state index in [2.05, 4.69) is 4.99 Å². The molecule has 0 saturated heterocycles. The summed E-state index contributed by atoms with van der Waals surface area (Å²) in [5.41, 5.74) is 1.70. The Labute approximate surface area is 197 Å². The number of nitrogens with zero attached hydrogens (tertiary/aromatic N) is 1. The van der Waals surface area contributed by atoms with Crippen LogP contribution in [0.5, 0.6) is 0 Å².